The molecule has 0 fully saturated rings. The van der Waals surface area contributed by atoms with Crippen LogP contribution >= 0.6 is 23.1 Å². The summed E-state index contributed by atoms with van der Waals surface area (Å²) in [5.41, 5.74) is 6.03. The number of nitrogens with two attached hydrogens (primary N) is 1. The maximum Gasteiger partial charge on any atom is 0.226 e. The van der Waals surface area contributed by atoms with Crippen LogP contribution in [0, 0.1) is 5.82 Å². The third kappa shape index (κ3) is 6.25. The molecule has 0 spiro atoms. The normalized spacial score (nSPS) is 10.7. The van der Waals surface area contributed by atoms with Crippen LogP contribution in [-0.4, -0.2) is 22.6 Å². The lowest BCUT2D eigenvalue weighted by atomic mass is 10.2. The molecule has 3 N–H and O–H groups in total. The van der Waals surface area contributed by atoms with E-state index in [2.05, 4.69) is 15.5 Å². The summed E-state index contributed by atoms with van der Waals surface area (Å²) >= 11 is 2.70. The van der Waals surface area contributed by atoms with Gasteiger partial charge in [0.1, 0.15) is 5.82 Å². The summed E-state index contributed by atoms with van der Waals surface area (Å²) in [6.45, 7) is 0.653. The van der Waals surface area contributed by atoms with Crippen LogP contribution in [0.5, 0.6) is 0 Å². The van der Waals surface area contributed by atoms with E-state index in [1.165, 1.54) is 29.2 Å². The molecule has 0 saturated heterocycles. The van der Waals surface area contributed by atoms with Crippen molar-refractivity contribution >= 4 is 34.1 Å². The highest BCUT2D eigenvalue weighted by Gasteiger charge is 2.09. The number of hydrogen-bond acceptors (Lipinski definition) is 6. The van der Waals surface area contributed by atoms with Crippen LogP contribution in [-0.2, 0) is 10.5 Å². The highest BCUT2D eigenvalue weighted by Crippen LogP contribution is 2.29. The number of carbonyl (C=O) groups excluding carboxylic acids is 1. The SMILES string of the molecule is NCCCCCC(=O)Nc1nnc(SCc2ccccc2F)s1. The number of anilines is 1. The molecule has 0 aliphatic carbocycles. The zero-order chi connectivity index (χ0) is 16.5. The van der Waals surface area contributed by atoms with Gasteiger partial charge in [0.2, 0.25) is 11.0 Å². The van der Waals surface area contributed by atoms with Gasteiger partial charge in [0, 0.05) is 12.2 Å². The van der Waals surface area contributed by atoms with Gasteiger partial charge in [-0.3, -0.25) is 4.79 Å². The number of amides is 1. The summed E-state index contributed by atoms with van der Waals surface area (Å²) in [5.74, 6) is 0.188. The Hall–Kier alpha value is -1.51. The first-order valence-corrected chi connectivity index (χ1v) is 9.19. The minimum atomic E-state index is -0.226. The average molecular weight is 354 g/mol. The molecule has 1 amide bonds. The molecule has 0 aliphatic heterocycles. The largest absolute Gasteiger partial charge is 0.330 e. The van der Waals surface area contributed by atoms with Crippen LogP contribution in [0.3, 0.4) is 0 Å². The lowest BCUT2D eigenvalue weighted by Crippen LogP contribution is -2.11. The number of thioether (sulfide) groups is 1. The summed E-state index contributed by atoms with van der Waals surface area (Å²) in [6.07, 6.45) is 3.15. The van der Waals surface area contributed by atoms with Crippen molar-refractivity contribution < 1.29 is 9.18 Å². The van der Waals surface area contributed by atoms with Crippen LogP contribution < -0.4 is 11.1 Å². The van der Waals surface area contributed by atoms with E-state index in [1.807, 2.05) is 0 Å². The van der Waals surface area contributed by atoms with E-state index in [9.17, 15) is 9.18 Å². The van der Waals surface area contributed by atoms with Gasteiger partial charge in [0.25, 0.3) is 0 Å². The number of unbranched alkanes of at least 4 members (excludes halogenated alkanes) is 2. The van der Waals surface area contributed by atoms with Gasteiger partial charge in [-0.2, -0.15) is 0 Å². The van der Waals surface area contributed by atoms with E-state index >= 15 is 0 Å². The smallest absolute Gasteiger partial charge is 0.226 e. The molecule has 2 aromatic rings. The molecule has 1 aromatic carbocycles. The van der Waals surface area contributed by atoms with Gasteiger partial charge < -0.3 is 11.1 Å². The first kappa shape index (κ1) is 17.8. The number of nitrogens with zero attached hydrogens (tertiary/aromatic N) is 2. The molecule has 0 atom stereocenters. The second-order valence-corrected chi connectivity index (χ2v) is 7.10. The minimum absolute atomic E-state index is 0.0659. The Morgan fingerprint density at radius 3 is 2.87 bits per heavy atom. The number of rotatable bonds is 9. The fraction of sp³-hybridized carbons (Fsp3) is 0.400. The summed E-state index contributed by atoms with van der Waals surface area (Å²) in [6, 6.07) is 6.64. The number of hydrogen-bond donors (Lipinski definition) is 2. The molecule has 1 aromatic heterocycles. The summed E-state index contributed by atoms with van der Waals surface area (Å²) < 4.78 is 14.2. The van der Waals surface area contributed by atoms with Gasteiger partial charge in [-0.25, -0.2) is 4.39 Å². The summed E-state index contributed by atoms with van der Waals surface area (Å²) in [4.78, 5) is 11.7. The third-order valence-electron chi connectivity index (χ3n) is 3.07. The van der Waals surface area contributed by atoms with Crippen LogP contribution in [0.25, 0.3) is 0 Å². The molecule has 5 nitrogen and oxygen atoms in total. The number of aromatic nitrogens is 2. The molecule has 0 aliphatic rings. The second-order valence-electron chi connectivity index (χ2n) is 4.90. The average Bonchev–Trinajstić information content (AvgIpc) is 2.98. The van der Waals surface area contributed by atoms with Gasteiger partial charge in [0.05, 0.1) is 0 Å². The van der Waals surface area contributed by atoms with E-state index in [0.29, 0.717) is 33.8 Å². The van der Waals surface area contributed by atoms with Crippen LogP contribution in [0.1, 0.15) is 31.2 Å². The van der Waals surface area contributed by atoms with E-state index in [4.69, 9.17) is 5.73 Å². The number of benzene rings is 1. The zero-order valence-corrected chi connectivity index (χ0v) is 14.3. The highest BCUT2D eigenvalue weighted by atomic mass is 32.2. The topological polar surface area (TPSA) is 80.9 Å². The molecule has 23 heavy (non-hydrogen) atoms. The monoisotopic (exact) mass is 354 g/mol. The van der Waals surface area contributed by atoms with Gasteiger partial charge in [-0.1, -0.05) is 47.7 Å². The first-order chi connectivity index (χ1) is 11.2. The number of halogens is 1. The van der Waals surface area contributed by atoms with E-state index in [0.717, 1.165) is 19.3 Å². The first-order valence-electron chi connectivity index (χ1n) is 7.38. The minimum Gasteiger partial charge on any atom is -0.330 e. The van der Waals surface area contributed by atoms with E-state index in [-0.39, 0.29) is 11.7 Å². The lowest BCUT2D eigenvalue weighted by molar-refractivity contribution is -0.116. The fourth-order valence-corrected chi connectivity index (χ4v) is 3.62. The van der Waals surface area contributed by atoms with Crippen LogP contribution in [0.2, 0.25) is 0 Å². The summed E-state index contributed by atoms with van der Waals surface area (Å²) in [7, 11) is 0. The standard InChI is InChI=1S/C15H19FN4OS2/c16-12-7-4-3-6-11(12)10-22-15-20-19-14(23-15)18-13(21)8-2-1-5-9-17/h3-4,6-7H,1-2,5,8-10,17H2,(H,18,19,21). The summed E-state index contributed by atoms with van der Waals surface area (Å²) in [5, 5.41) is 11.2. The van der Waals surface area contributed by atoms with Crippen molar-refractivity contribution in [3.63, 3.8) is 0 Å². The van der Waals surface area contributed by atoms with Crippen molar-refractivity contribution in [2.24, 2.45) is 5.73 Å². The Labute approximate surface area is 142 Å². The van der Waals surface area contributed by atoms with Gasteiger partial charge in [-0.15, -0.1) is 10.2 Å². The lowest BCUT2D eigenvalue weighted by Gasteiger charge is -2.00. The Balaban J connectivity index is 1.77. The van der Waals surface area contributed by atoms with Crippen LogP contribution in [0.4, 0.5) is 9.52 Å². The fourth-order valence-electron chi connectivity index (χ4n) is 1.86. The zero-order valence-electron chi connectivity index (χ0n) is 12.6. The third-order valence-corrected chi connectivity index (χ3v) is 5.09. The quantitative estimate of drug-likeness (QED) is 0.410. The molecular formula is C15H19FN4OS2. The molecule has 2 rings (SSSR count). The Morgan fingerprint density at radius 2 is 2.09 bits per heavy atom. The van der Waals surface area contributed by atoms with E-state index < -0.39 is 0 Å². The number of nitrogens with one attached hydrogen (secondary N) is 1. The predicted molar refractivity (Wildman–Crippen MR) is 92.0 cm³/mol. The maximum absolute atomic E-state index is 13.5. The highest BCUT2D eigenvalue weighted by molar-refractivity contribution is 8.00. The van der Waals surface area contributed by atoms with Gasteiger partial charge in [-0.05, 0) is 31.0 Å². The second kappa shape index (κ2) is 9.59. The molecule has 0 saturated carbocycles. The molecule has 0 radical (unpaired) electrons. The molecule has 0 unspecified atom stereocenters. The van der Waals surface area contributed by atoms with Crippen molar-refractivity contribution in [3.05, 3.63) is 35.6 Å². The van der Waals surface area contributed by atoms with Gasteiger partial charge in [0.15, 0.2) is 4.34 Å². The molecule has 8 heteroatoms. The molecule has 1 heterocycles. The molecule has 0 bridgehead atoms. The molecular weight excluding hydrogens is 335 g/mol. The Morgan fingerprint density at radius 1 is 1.26 bits per heavy atom. The molecule has 124 valence electrons. The van der Waals surface area contributed by atoms with Crippen molar-refractivity contribution in [1.29, 1.82) is 0 Å². The van der Waals surface area contributed by atoms with Crippen molar-refractivity contribution in [3.8, 4) is 0 Å². The number of carbonyl (C=O) groups is 1. The van der Waals surface area contributed by atoms with Crippen LogP contribution in [0.15, 0.2) is 28.6 Å². The Kier molecular flexibility index (Phi) is 7.44. The van der Waals surface area contributed by atoms with E-state index in [1.54, 1.807) is 18.2 Å². The maximum atomic E-state index is 13.5. The van der Waals surface area contributed by atoms with Gasteiger partial charge >= 0.3 is 0 Å². The predicted octanol–water partition coefficient (Wildman–Crippen LogP) is 3.43. The van der Waals surface area contributed by atoms with Crippen molar-refractivity contribution in [1.82, 2.24) is 10.2 Å². The Bertz CT molecular complexity index is 635. The van der Waals surface area contributed by atoms with Crippen molar-refractivity contribution in [2.45, 2.75) is 35.8 Å². The van der Waals surface area contributed by atoms with Crippen molar-refractivity contribution in [2.75, 3.05) is 11.9 Å².